The Balaban J connectivity index is 1.56. The van der Waals surface area contributed by atoms with E-state index < -0.39 is 0 Å². The smallest absolute Gasteiger partial charge is 0.191 e. The van der Waals surface area contributed by atoms with E-state index in [1.807, 2.05) is 48.5 Å². The van der Waals surface area contributed by atoms with Gasteiger partial charge in [0.05, 0.1) is 12.2 Å². The Bertz CT molecular complexity index is 858. The molecule has 0 amide bonds. The summed E-state index contributed by atoms with van der Waals surface area (Å²) in [5.74, 6) is 0.796. The van der Waals surface area contributed by atoms with E-state index in [1.165, 1.54) is 6.33 Å². The summed E-state index contributed by atoms with van der Waals surface area (Å²) in [6, 6.07) is 16.0. The fourth-order valence-corrected chi connectivity index (χ4v) is 2.85. The number of aliphatic imine (C=N–C) groups is 1. The molecule has 3 rings (SSSR count). The summed E-state index contributed by atoms with van der Waals surface area (Å²) in [5, 5.41) is 11.6. The third-order valence-electron chi connectivity index (χ3n) is 4.03. The molecule has 6 nitrogen and oxygen atoms in total. The van der Waals surface area contributed by atoms with Gasteiger partial charge >= 0.3 is 0 Å². The molecule has 2 aromatic carbocycles. The average Bonchev–Trinajstić information content (AvgIpc) is 3.23. The lowest BCUT2D eigenvalue weighted by Gasteiger charge is -2.12. The second-order valence-corrected chi connectivity index (χ2v) is 6.38. The van der Waals surface area contributed by atoms with E-state index in [9.17, 15) is 0 Å². The summed E-state index contributed by atoms with van der Waals surface area (Å²) in [6.07, 6.45) is 4.05. The van der Waals surface area contributed by atoms with Crippen molar-refractivity contribution in [2.45, 2.75) is 19.9 Å². The highest BCUT2D eigenvalue weighted by Gasteiger charge is 2.02. The van der Waals surface area contributed by atoms with Gasteiger partial charge in [-0.15, -0.1) is 0 Å². The van der Waals surface area contributed by atoms with Crippen LogP contribution in [0.25, 0.3) is 5.69 Å². The number of hydrogen-bond acceptors (Lipinski definition) is 3. The lowest BCUT2D eigenvalue weighted by Crippen LogP contribution is -2.38. The van der Waals surface area contributed by atoms with Gasteiger partial charge in [-0.05, 0) is 42.7 Å². The first-order valence-electron chi connectivity index (χ1n) is 8.96. The highest BCUT2D eigenvalue weighted by atomic mass is 35.5. The molecular formula is C20H23ClN6. The van der Waals surface area contributed by atoms with E-state index in [2.05, 4.69) is 32.6 Å². The van der Waals surface area contributed by atoms with Crippen molar-refractivity contribution in [2.75, 3.05) is 13.1 Å². The Morgan fingerprint density at radius 2 is 1.93 bits per heavy atom. The van der Waals surface area contributed by atoms with Crippen LogP contribution in [0.5, 0.6) is 0 Å². The number of rotatable bonds is 7. The van der Waals surface area contributed by atoms with Crippen LogP contribution < -0.4 is 10.6 Å². The molecule has 0 atom stereocenters. The zero-order chi connectivity index (χ0) is 18.9. The summed E-state index contributed by atoms with van der Waals surface area (Å²) in [5.41, 5.74) is 3.23. The third kappa shape index (κ3) is 5.56. The van der Waals surface area contributed by atoms with Gasteiger partial charge in [-0.1, -0.05) is 41.9 Å². The zero-order valence-corrected chi connectivity index (χ0v) is 16.0. The van der Waals surface area contributed by atoms with Crippen LogP contribution in [0.1, 0.15) is 18.1 Å². The molecule has 0 spiro atoms. The van der Waals surface area contributed by atoms with Crippen molar-refractivity contribution in [2.24, 2.45) is 4.99 Å². The lowest BCUT2D eigenvalue weighted by molar-refractivity contribution is 0.799. The van der Waals surface area contributed by atoms with Crippen LogP contribution in [0.2, 0.25) is 5.02 Å². The molecule has 7 heteroatoms. The molecule has 0 fully saturated rings. The first kappa shape index (κ1) is 18.9. The number of hydrogen-bond donors (Lipinski definition) is 2. The van der Waals surface area contributed by atoms with Crippen molar-refractivity contribution in [1.82, 2.24) is 25.4 Å². The second-order valence-electron chi connectivity index (χ2n) is 5.97. The SMILES string of the molecule is CCNC(=NCc1ccc(-n2cncn2)cc1)NCCc1ccccc1Cl. The Hall–Kier alpha value is -2.86. The molecule has 0 unspecified atom stereocenters. The normalized spacial score (nSPS) is 11.4. The summed E-state index contributed by atoms with van der Waals surface area (Å²) < 4.78 is 1.73. The maximum absolute atomic E-state index is 6.21. The standard InChI is InChI=1S/C20H23ClN6/c1-2-23-20(24-12-11-17-5-3-4-6-19(17)21)25-13-16-7-9-18(10-8-16)27-15-22-14-26-27/h3-10,14-15H,2,11-13H2,1H3,(H2,23,24,25). The van der Waals surface area contributed by atoms with Crippen LogP contribution in [0, 0.1) is 0 Å². The van der Waals surface area contributed by atoms with Crippen molar-refractivity contribution < 1.29 is 0 Å². The summed E-state index contributed by atoms with van der Waals surface area (Å²) in [6.45, 7) is 4.22. The van der Waals surface area contributed by atoms with Gasteiger partial charge in [0.15, 0.2) is 5.96 Å². The number of benzene rings is 2. The monoisotopic (exact) mass is 382 g/mol. The summed E-state index contributed by atoms with van der Waals surface area (Å²) in [7, 11) is 0. The van der Waals surface area contributed by atoms with Crippen LogP contribution in [-0.2, 0) is 13.0 Å². The molecule has 1 heterocycles. The van der Waals surface area contributed by atoms with Gasteiger partial charge in [-0.3, -0.25) is 0 Å². The molecule has 2 N–H and O–H groups in total. The molecule has 0 bridgehead atoms. The summed E-state index contributed by atoms with van der Waals surface area (Å²) in [4.78, 5) is 8.62. The number of guanidine groups is 1. The largest absolute Gasteiger partial charge is 0.357 e. The van der Waals surface area contributed by atoms with Gasteiger partial charge in [0.2, 0.25) is 0 Å². The fraction of sp³-hybridized carbons (Fsp3) is 0.250. The Labute approximate surface area is 164 Å². The first-order chi connectivity index (χ1) is 13.3. The molecule has 3 aromatic rings. The zero-order valence-electron chi connectivity index (χ0n) is 15.3. The molecule has 0 aliphatic carbocycles. The van der Waals surface area contributed by atoms with E-state index in [0.29, 0.717) is 6.54 Å². The number of halogens is 1. The van der Waals surface area contributed by atoms with Gasteiger partial charge in [-0.2, -0.15) is 5.10 Å². The first-order valence-corrected chi connectivity index (χ1v) is 9.33. The number of aromatic nitrogens is 3. The predicted molar refractivity (Wildman–Crippen MR) is 109 cm³/mol. The molecular weight excluding hydrogens is 360 g/mol. The van der Waals surface area contributed by atoms with E-state index in [4.69, 9.17) is 11.6 Å². The van der Waals surface area contributed by atoms with E-state index in [-0.39, 0.29) is 0 Å². The Morgan fingerprint density at radius 1 is 1.11 bits per heavy atom. The fourth-order valence-electron chi connectivity index (χ4n) is 2.62. The lowest BCUT2D eigenvalue weighted by atomic mass is 10.1. The van der Waals surface area contributed by atoms with Crippen molar-refractivity contribution in [3.63, 3.8) is 0 Å². The van der Waals surface area contributed by atoms with Crippen LogP contribution >= 0.6 is 11.6 Å². The van der Waals surface area contributed by atoms with E-state index in [0.717, 1.165) is 47.3 Å². The maximum Gasteiger partial charge on any atom is 0.191 e. The van der Waals surface area contributed by atoms with E-state index in [1.54, 1.807) is 11.0 Å². The Kier molecular flexibility index (Phi) is 6.82. The minimum absolute atomic E-state index is 0.596. The maximum atomic E-state index is 6.21. The minimum Gasteiger partial charge on any atom is -0.357 e. The van der Waals surface area contributed by atoms with Gasteiger partial charge in [-0.25, -0.2) is 14.7 Å². The summed E-state index contributed by atoms with van der Waals surface area (Å²) >= 11 is 6.21. The van der Waals surface area contributed by atoms with Gasteiger partial charge < -0.3 is 10.6 Å². The average molecular weight is 383 g/mol. The van der Waals surface area contributed by atoms with Crippen LogP contribution in [0.15, 0.2) is 66.2 Å². The third-order valence-corrected chi connectivity index (χ3v) is 4.40. The molecule has 0 saturated heterocycles. The molecule has 1 aromatic heterocycles. The molecule has 0 aliphatic rings. The molecule has 140 valence electrons. The minimum atomic E-state index is 0.596. The van der Waals surface area contributed by atoms with Gasteiger partial charge in [0, 0.05) is 18.1 Å². The van der Waals surface area contributed by atoms with Crippen molar-refractivity contribution in [1.29, 1.82) is 0 Å². The van der Waals surface area contributed by atoms with Crippen LogP contribution in [0.3, 0.4) is 0 Å². The second kappa shape index (κ2) is 9.73. The molecule has 0 saturated carbocycles. The molecule has 0 radical (unpaired) electrons. The predicted octanol–water partition coefficient (Wildman–Crippen LogP) is 3.22. The van der Waals surface area contributed by atoms with Crippen molar-refractivity contribution in [3.05, 3.63) is 77.3 Å². The molecule has 0 aliphatic heterocycles. The topological polar surface area (TPSA) is 67.1 Å². The van der Waals surface area contributed by atoms with Gasteiger partial charge in [0.1, 0.15) is 12.7 Å². The number of nitrogens with one attached hydrogen (secondary N) is 2. The number of nitrogens with zero attached hydrogens (tertiary/aromatic N) is 4. The van der Waals surface area contributed by atoms with E-state index >= 15 is 0 Å². The van der Waals surface area contributed by atoms with Crippen LogP contribution in [-0.4, -0.2) is 33.8 Å². The van der Waals surface area contributed by atoms with Crippen molar-refractivity contribution >= 4 is 17.6 Å². The van der Waals surface area contributed by atoms with Gasteiger partial charge in [0.25, 0.3) is 0 Å². The highest BCUT2D eigenvalue weighted by molar-refractivity contribution is 6.31. The molecule has 27 heavy (non-hydrogen) atoms. The van der Waals surface area contributed by atoms with Crippen LogP contribution in [0.4, 0.5) is 0 Å². The highest BCUT2D eigenvalue weighted by Crippen LogP contribution is 2.14. The quantitative estimate of drug-likeness (QED) is 0.486. The van der Waals surface area contributed by atoms with Crippen molar-refractivity contribution in [3.8, 4) is 5.69 Å². The Morgan fingerprint density at radius 3 is 2.63 bits per heavy atom.